The highest BCUT2D eigenvalue weighted by atomic mass is 35.5. The quantitative estimate of drug-likeness (QED) is 0.641. The van der Waals surface area contributed by atoms with Crippen LogP contribution in [0.1, 0.15) is 59.3 Å². The fraction of sp³-hybridized carbons (Fsp3) is 0.933. The van der Waals surface area contributed by atoms with Crippen LogP contribution in [0.5, 0.6) is 0 Å². The summed E-state index contributed by atoms with van der Waals surface area (Å²) in [7, 11) is 0. The number of alkyl halides is 1. The molecule has 0 N–H and O–H groups in total. The van der Waals surface area contributed by atoms with Gasteiger partial charge in [0.2, 0.25) is 5.91 Å². The minimum absolute atomic E-state index is 0.0590. The molecule has 0 saturated heterocycles. The minimum Gasteiger partial charge on any atom is -0.342 e. The van der Waals surface area contributed by atoms with Crippen LogP contribution in [0.25, 0.3) is 0 Å². The molecule has 0 bridgehead atoms. The van der Waals surface area contributed by atoms with Gasteiger partial charge in [-0.1, -0.05) is 26.7 Å². The number of halogens is 1. The Morgan fingerprint density at radius 3 is 2.39 bits per heavy atom. The van der Waals surface area contributed by atoms with Gasteiger partial charge >= 0.3 is 0 Å². The van der Waals surface area contributed by atoms with E-state index < -0.39 is 0 Å². The second-order valence-electron chi connectivity index (χ2n) is 6.01. The smallest absolute Gasteiger partial charge is 0.228 e. The molecule has 0 radical (unpaired) electrons. The van der Waals surface area contributed by atoms with Crippen molar-refractivity contribution in [1.82, 2.24) is 4.90 Å². The van der Waals surface area contributed by atoms with Crippen LogP contribution in [0, 0.1) is 11.3 Å². The zero-order valence-corrected chi connectivity index (χ0v) is 12.9. The molecule has 0 unspecified atom stereocenters. The van der Waals surface area contributed by atoms with E-state index in [1.165, 1.54) is 12.8 Å². The molecule has 1 aliphatic carbocycles. The monoisotopic (exact) mass is 273 g/mol. The highest BCUT2D eigenvalue weighted by Crippen LogP contribution is 2.44. The van der Waals surface area contributed by atoms with E-state index in [1.807, 2.05) is 4.90 Å². The van der Waals surface area contributed by atoms with Crippen LogP contribution >= 0.6 is 11.6 Å². The van der Waals surface area contributed by atoms with Gasteiger partial charge in [0.1, 0.15) is 0 Å². The minimum atomic E-state index is -0.0590. The summed E-state index contributed by atoms with van der Waals surface area (Å²) in [6.45, 7) is 8.16. The largest absolute Gasteiger partial charge is 0.342 e. The summed E-state index contributed by atoms with van der Waals surface area (Å²) >= 11 is 5.75. The lowest BCUT2D eigenvalue weighted by Crippen LogP contribution is -2.43. The summed E-state index contributed by atoms with van der Waals surface area (Å²) in [5.41, 5.74) is -0.0590. The number of carbonyl (C=O) groups excluding carboxylic acids is 1. The van der Waals surface area contributed by atoms with Gasteiger partial charge in [-0.2, -0.15) is 0 Å². The molecular weight excluding hydrogens is 246 g/mol. The topological polar surface area (TPSA) is 20.3 Å². The normalized spacial score (nSPS) is 18.3. The number of rotatable bonds is 7. The first kappa shape index (κ1) is 15.8. The second kappa shape index (κ2) is 7.37. The van der Waals surface area contributed by atoms with Crippen LogP contribution in [0.3, 0.4) is 0 Å². The average Bonchev–Trinajstić information content (AvgIpc) is 2.78. The Bertz CT molecular complexity index is 259. The predicted molar refractivity (Wildman–Crippen MR) is 77.9 cm³/mol. The Morgan fingerprint density at radius 2 is 1.94 bits per heavy atom. The van der Waals surface area contributed by atoms with Crippen LogP contribution < -0.4 is 0 Å². The molecule has 1 fully saturated rings. The van der Waals surface area contributed by atoms with Crippen LogP contribution in [0.2, 0.25) is 0 Å². The van der Waals surface area contributed by atoms with E-state index in [9.17, 15) is 4.79 Å². The summed E-state index contributed by atoms with van der Waals surface area (Å²) in [6, 6.07) is 0. The lowest BCUT2D eigenvalue weighted by Gasteiger charge is -2.35. The first-order chi connectivity index (χ1) is 8.55. The molecule has 1 saturated carbocycles. The van der Waals surface area contributed by atoms with Crippen molar-refractivity contribution in [3.8, 4) is 0 Å². The van der Waals surface area contributed by atoms with Crippen molar-refractivity contribution in [2.24, 2.45) is 11.3 Å². The van der Waals surface area contributed by atoms with Gasteiger partial charge in [0.15, 0.2) is 0 Å². The lowest BCUT2D eigenvalue weighted by atomic mass is 9.77. The van der Waals surface area contributed by atoms with E-state index in [4.69, 9.17) is 11.6 Å². The van der Waals surface area contributed by atoms with Crippen molar-refractivity contribution >= 4 is 17.5 Å². The van der Waals surface area contributed by atoms with Crippen molar-refractivity contribution in [1.29, 1.82) is 0 Å². The van der Waals surface area contributed by atoms with Gasteiger partial charge in [0, 0.05) is 24.4 Å². The summed E-state index contributed by atoms with van der Waals surface area (Å²) in [4.78, 5) is 14.8. The molecule has 0 heterocycles. The van der Waals surface area contributed by atoms with Gasteiger partial charge in [-0.05, 0) is 38.5 Å². The number of carbonyl (C=O) groups is 1. The van der Waals surface area contributed by atoms with Gasteiger partial charge < -0.3 is 4.90 Å². The van der Waals surface area contributed by atoms with Gasteiger partial charge in [-0.25, -0.2) is 0 Å². The Kier molecular flexibility index (Phi) is 6.48. The van der Waals surface area contributed by atoms with E-state index in [-0.39, 0.29) is 5.41 Å². The van der Waals surface area contributed by atoms with Gasteiger partial charge in [-0.3, -0.25) is 4.79 Å². The van der Waals surface area contributed by atoms with Crippen molar-refractivity contribution in [2.45, 2.75) is 59.3 Å². The van der Waals surface area contributed by atoms with E-state index >= 15 is 0 Å². The maximum absolute atomic E-state index is 12.8. The highest BCUT2D eigenvalue weighted by Gasteiger charge is 2.43. The Balaban J connectivity index is 2.74. The molecule has 1 aliphatic rings. The summed E-state index contributed by atoms with van der Waals surface area (Å²) < 4.78 is 0. The fourth-order valence-electron chi connectivity index (χ4n) is 3.33. The van der Waals surface area contributed by atoms with Crippen LogP contribution in [-0.2, 0) is 4.79 Å². The standard InChI is InChI=1S/C15H28ClNO/c1-4-17(11-7-10-16)14(18)15(12-13(2)3)8-5-6-9-15/h13H,4-12H2,1-3H3. The summed E-state index contributed by atoms with van der Waals surface area (Å²) in [5, 5.41) is 0. The highest BCUT2D eigenvalue weighted by molar-refractivity contribution is 6.17. The second-order valence-corrected chi connectivity index (χ2v) is 6.39. The first-order valence-electron chi connectivity index (χ1n) is 7.41. The van der Waals surface area contributed by atoms with Crippen molar-refractivity contribution < 1.29 is 4.79 Å². The molecule has 0 atom stereocenters. The maximum Gasteiger partial charge on any atom is 0.228 e. The van der Waals surface area contributed by atoms with E-state index in [2.05, 4.69) is 20.8 Å². The first-order valence-corrected chi connectivity index (χ1v) is 7.94. The molecule has 0 aromatic carbocycles. The molecule has 106 valence electrons. The number of hydrogen-bond donors (Lipinski definition) is 0. The van der Waals surface area contributed by atoms with E-state index in [1.54, 1.807) is 0 Å². The predicted octanol–water partition coefficient (Wildman–Crippen LogP) is 4.07. The van der Waals surface area contributed by atoms with Crippen LogP contribution in [0.4, 0.5) is 0 Å². The Labute approximate surface area is 117 Å². The Morgan fingerprint density at radius 1 is 1.33 bits per heavy atom. The molecule has 0 aliphatic heterocycles. The number of hydrogen-bond acceptors (Lipinski definition) is 1. The molecule has 0 aromatic rings. The van der Waals surface area contributed by atoms with Crippen molar-refractivity contribution in [2.75, 3.05) is 19.0 Å². The third-order valence-electron chi connectivity index (χ3n) is 4.04. The lowest BCUT2D eigenvalue weighted by molar-refractivity contribution is -0.142. The van der Waals surface area contributed by atoms with E-state index in [0.717, 1.165) is 38.8 Å². The molecule has 3 heteroatoms. The molecule has 0 aromatic heterocycles. The zero-order chi connectivity index (χ0) is 13.6. The number of amides is 1. The van der Waals surface area contributed by atoms with Crippen molar-refractivity contribution in [3.63, 3.8) is 0 Å². The summed E-state index contributed by atoms with van der Waals surface area (Å²) in [6.07, 6.45) is 6.54. The maximum atomic E-state index is 12.8. The molecule has 2 nitrogen and oxygen atoms in total. The van der Waals surface area contributed by atoms with Gasteiger partial charge in [-0.15, -0.1) is 11.6 Å². The Hall–Kier alpha value is -0.240. The van der Waals surface area contributed by atoms with E-state index in [0.29, 0.717) is 17.7 Å². The van der Waals surface area contributed by atoms with Gasteiger partial charge in [0.25, 0.3) is 0 Å². The van der Waals surface area contributed by atoms with Crippen LogP contribution in [-0.4, -0.2) is 29.8 Å². The molecule has 0 spiro atoms. The fourth-order valence-corrected chi connectivity index (χ4v) is 3.45. The SMILES string of the molecule is CCN(CCCCl)C(=O)C1(CC(C)C)CCCC1. The third kappa shape index (κ3) is 3.88. The van der Waals surface area contributed by atoms with Gasteiger partial charge in [0.05, 0.1) is 0 Å². The average molecular weight is 274 g/mol. The zero-order valence-electron chi connectivity index (χ0n) is 12.2. The third-order valence-corrected chi connectivity index (χ3v) is 4.31. The van der Waals surface area contributed by atoms with Crippen molar-refractivity contribution in [3.05, 3.63) is 0 Å². The summed E-state index contributed by atoms with van der Waals surface area (Å²) in [5.74, 6) is 1.63. The molecule has 1 amide bonds. The molecule has 1 rings (SSSR count). The van der Waals surface area contributed by atoms with Crippen LogP contribution in [0.15, 0.2) is 0 Å². The molecule has 18 heavy (non-hydrogen) atoms. The molecular formula is C15H28ClNO. The number of nitrogens with zero attached hydrogens (tertiary/aromatic N) is 1.